The lowest BCUT2D eigenvalue weighted by molar-refractivity contribution is 0.161. The average molecular weight is 269 g/mol. The van der Waals surface area contributed by atoms with Crippen molar-refractivity contribution in [3.8, 4) is 11.8 Å². The Balaban J connectivity index is 2.63. The van der Waals surface area contributed by atoms with Gasteiger partial charge in [-0.25, -0.2) is 0 Å². The summed E-state index contributed by atoms with van der Waals surface area (Å²) < 4.78 is 5.25. The lowest BCUT2D eigenvalue weighted by Gasteiger charge is -1.99. The molecule has 1 N–H and O–H groups in total. The van der Waals surface area contributed by atoms with Crippen LogP contribution in [0.2, 0.25) is 0 Å². The van der Waals surface area contributed by atoms with Crippen LogP contribution in [0.1, 0.15) is 24.0 Å². The fourth-order valence-electron chi connectivity index (χ4n) is 1.53. The van der Waals surface area contributed by atoms with E-state index >= 15 is 0 Å². The number of hydrogen-bond acceptors (Lipinski definition) is 3. The number of diazo groups is 1. The van der Waals surface area contributed by atoms with Gasteiger partial charge in [0.2, 0.25) is 11.2 Å². The second-order valence-corrected chi connectivity index (χ2v) is 3.94. The Morgan fingerprint density at radius 2 is 2.25 bits per heavy atom. The zero-order valence-electron chi connectivity index (χ0n) is 11.2. The number of unbranched alkanes of at least 4 members (excludes halogenated alkanes) is 1. The summed E-state index contributed by atoms with van der Waals surface area (Å²) >= 11 is 0. The number of nitrogens with zero attached hydrogens (tertiary/aromatic N) is 2. The highest BCUT2D eigenvalue weighted by atomic mass is 16.5. The van der Waals surface area contributed by atoms with E-state index in [1.807, 2.05) is 6.07 Å². The van der Waals surface area contributed by atoms with Gasteiger partial charge in [-0.3, -0.25) is 0 Å². The topological polar surface area (TPSA) is 57.6 Å². The molecule has 0 aliphatic carbocycles. The van der Waals surface area contributed by atoms with Crippen molar-refractivity contribution in [3.05, 3.63) is 59.2 Å². The summed E-state index contributed by atoms with van der Waals surface area (Å²) in [6, 6.07) is 7.14. The molecule has 0 aliphatic heterocycles. The standard InChI is InChI=1S/C16H16N2O2/c1-2-11-20-12-7-3-4-8-14-9-5-6-10-15(14)16(19)13-18-17/h2,5-6,9-10,13H,1,3,7,11-12H2/p+1/b16-13-. The van der Waals surface area contributed by atoms with Crippen molar-refractivity contribution in [2.45, 2.75) is 12.8 Å². The van der Waals surface area contributed by atoms with Gasteiger partial charge in [0.25, 0.3) is 0 Å². The zero-order valence-corrected chi connectivity index (χ0v) is 11.2. The van der Waals surface area contributed by atoms with Gasteiger partial charge in [0.15, 0.2) is 4.98 Å². The van der Waals surface area contributed by atoms with Gasteiger partial charge in [-0.2, -0.15) is 0 Å². The van der Waals surface area contributed by atoms with E-state index in [4.69, 9.17) is 10.1 Å². The highest BCUT2D eigenvalue weighted by Gasteiger charge is 2.07. The Morgan fingerprint density at radius 3 is 3.00 bits per heavy atom. The summed E-state index contributed by atoms with van der Waals surface area (Å²) in [5.74, 6) is 5.90. The smallest absolute Gasteiger partial charge is 0.392 e. The Labute approximate surface area is 119 Å². The number of hydrogen-bond donors (Lipinski definition) is 1. The lowest BCUT2D eigenvalue weighted by atomic mass is 10.1. The predicted octanol–water partition coefficient (Wildman–Crippen LogP) is 3.73. The number of aliphatic hydroxyl groups excluding tert-OH is 1. The van der Waals surface area contributed by atoms with E-state index in [1.165, 1.54) is 0 Å². The maximum Gasteiger partial charge on any atom is 0.392 e. The maximum absolute atomic E-state index is 9.71. The molecule has 102 valence electrons. The van der Waals surface area contributed by atoms with Gasteiger partial charge in [0, 0.05) is 24.2 Å². The molecule has 1 aromatic rings. The molecule has 0 fully saturated rings. The van der Waals surface area contributed by atoms with E-state index < -0.39 is 0 Å². The van der Waals surface area contributed by atoms with Crippen LogP contribution in [0.15, 0.2) is 43.1 Å². The number of benzene rings is 1. The van der Waals surface area contributed by atoms with Crippen LogP contribution in [-0.4, -0.2) is 18.3 Å². The van der Waals surface area contributed by atoms with Crippen molar-refractivity contribution in [1.29, 1.82) is 5.39 Å². The third-order valence-corrected chi connectivity index (χ3v) is 2.43. The number of ether oxygens (including phenoxy) is 1. The fraction of sp³-hybridized carbons (Fsp3) is 0.250. The van der Waals surface area contributed by atoms with Crippen LogP contribution >= 0.6 is 0 Å². The summed E-state index contributed by atoms with van der Waals surface area (Å²) in [6.45, 7) is 4.77. The van der Waals surface area contributed by atoms with Gasteiger partial charge < -0.3 is 9.84 Å². The molecule has 0 aliphatic rings. The molecule has 0 amide bonds. The molecule has 0 heterocycles. The Hall–Kier alpha value is -2.56. The van der Waals surface area contributed by atoms with Crippen LogP contribution < -0.4 is 0 Å². The van der Waals surface area contributed by atoms with E-state index in [9.17, 15) is 5.11 Å². The minimum absolute atomic E-state index is 0.119. The third kappa shape index (κ3) is 5.39. The molecule has 0 saturated carbocycles. The SMILES string of the molecule is C=CCOCCCC#Cc1ccccc1/C(O)=C/[N+]#N. The third-order valence-electron chi connectivity index (χ3n) is 2.43. The molecule has 0 aromatic heterocycles. The summed E-state index contributed by atoms with van der Waals surface area (Å²) in [7, 11) is 0. The van der Waals surface area contributed by atoms with Crippen LogP contribution in [0.25, 0.3) is 10.7 Å². The number of aliphatic hydroxyl groups is 1. The van der Waals surface area contributed by atoms with E-state index in [0.717, 1.165) is 12.6 Å². The van der Waals surface area contributed by atoms with Crippen molar-refractivity contribution >= 4 is 5.76 Å². The van der Waals surface area contributed by atoms with E-state index in [1.54, 1.807) is 24.3 Å². The zero-order chi connectivity index (χ0) is 14.6. The van der Waals surface area contributed by atoms with Crippen molar-refractivity contribution in [2.24, 2.45) is 0 Å². The summed E-state index contributed by atoms with van der Waals surface area (Å²) in [4.78, 5) is 2.81. The lowest BCUT2D eigenvalue weighted by Crippen LogP contribution is -1.93. The quantitative estimate of drug-likeness (QED) is 0.281. The van der Waals surface area contributed by atoms with Gasteiger partial charge in [0.05, 0.1) is 6.61 Å². The molecule has 0 atom stereocenters. The highest BCUT2D eigenvalue weighted by Crippen LogP contribution is 2.16. The van der Waals surface area contributed by atoms with Crippen molar-refractivity contribution < 1.29 is 9.84 Å². The van der Waals surface area contributed by atoms with Crippen LogP contribution in [0.3, 0.4) is 0 Å². The first-order valence-corrected chi connectivity index (χ1v) is 6.30. The predicted molar refractivity (Wildman–Crippen MR) is 79.3 cm³/mol. The van der Waals surface area contributed by atoms with E-state index in [2.05, 4.69) is 23.4 Å². The minimum Gasteiger partial charge on any atom is -0.501 e. The van der Waals surface area contributed by atoms with E-state index in [0.29, 0.717) is 30.8 Å². The molecular weight excluding hydrogens is 252 g/mol. The first-order chi connectivity index (χ1) is 9.79. The van der Waals surface area contributed by atoms with Gasteiger partial charge in [-0.1, -0.05) is 30.0 Å². The van der Waals surface area contributed by atoms with Crippen molar-refractivity contribution in [3.63, 3.8) is 0 Å². The molecule has 0 radical (unpaired) electrons. The largest absolute Gasteiger partial charge is 0.501 e. The van der Waals surface area contributed by atoms with E-state index in [-0.39, 0.29) is 5.76 Å². The van der Waals surface area contributed by atoms with Gasteiger partial charge in [0.1, 0.15) is 0 Å². The average Bonchev–Trinajstić information content (AvgIpc) is 2.47. The van der Waals surface area contributed by atoms with Gasteiger partial charge >= 0.3 is 6.20 Å². The van der Waals surface area contributed by atoms with Gasteiger partial charge in [-0.05, 0) is 18.6 Å². The minimum atomic E-state index is -0.119. The van der Waals surface area contributed by atoms with Crippen LogP contribution in [0.4, 0.5) is 0 Å². The monoisotopic (exact) mass is 269 g/mol. The summed E-state index contributed by atoms with van der Waals surface area (Å²) in [5, 5.41) is 18.1. The van der Waals surface area contributed by atoms with Crippen LogP contribution in [0, 0.1) is 17.2 Å². The Bertz CT molecular complexity index is 574. The van der Waals surface area contributed by atoms with Crippen molar-refractivity contribution in [1.82, 2.24) is 0 Å². The van der Waals surface area contributed by atoms with Crippen LogP contribution in [-0.2, 0) is 4.74 Å². The fourth-order valence-corrected chi connectivity index (χ4v) is 1.53. The first kappa shape index (κ1) is 15.5. The molecule has 0 bridgehead atoms. The Morgan fingerprint density at radius 1 is 1.45 bits per heavy atom. The molecule has 0 saturated heterocycles. The molecule has 4 heteroatoms. The summed E-state index contributed by atoms with van der Waals surface area (Å²) in [6.07, 6.45) is 4.24. The molecule has 1 rings (SSSR count). The normalized spacial score (nSPS) is 10.2. The molecule has 0 spiro atoms. The molecule has 20 heavy (non-hydrogen) atoms. The highest BCUT2D eigenvalue weighted by molar-refractivity contribution is 5.66. The molecule has 0 unspecified atom stereocenters. The first-order valence-electron chi connectivity index (χ1n) is 6.30. The van der Waals surface area contributed by atoms with Crippen molar-refractivity contribution in [2.75, 3.05) is 13.2 Å². The molecule has 1 aromatic carbocycles. The van der Waals surface area contributed by atoms with Crippen LogP contribution in [0.5, 0.6) is 0 Å². The second-order valence-electron chi connectivity index (χ2n) is 3.94. The number of rotatable bonds is 6. The second kappa shape index (κ2) is 9.38. The Kier molecular flexibility index (Phi) is 7.27. The molecule has 4 nitrogen and oxygen atoms in total. The molecular formula is C16H17N2O2+. The van der Waals surface area contributed by atoms with Gasteiger partial charge in [-0.15, -0.1) is 6.58 Å². The maximum atomic E-state index is 9.71. The summed E-state index contributed by atoms with van der Waals surface area (Å²) in [5.41, 5.74) is 1.23.